The number of carboxylic acids is 1. The molecular weight excluding hydrogens is 315 g/mol. The average Bonchev–Trinajstić information content (AvgIpc) is 2.87. The molecule has 0 spiro atoms. The fourth-order valence-electron chi connectivity index (χ4n) is 1.86. The van der Waals surface area contributed by atoms with Gasteiger partial charge in [-0.25, -0.2) is 4.39 Å². The van der Waals surface area contributed by atoms with E-state index in [1.165, 1.54) is 18.2 Å². The fraction of sp³-hybridized carbons (Fsp3) is 0.214. The van der Waals surface area contributed by atoms with Crippen molar-refractivity contribution in [2.24, 2.45) is 0 Å². The molecule has 6 nitrogen and oxygen atoms in total. The summed E-state index contributed by atoms with van der Waals surface area (Å²) in [5.41, 5.74) is 0.306. The first-order valence-corrected chi connectivity index (χ1v) is 6.65. The molecule has 0 saturated heterocycles. The molecule has 0 bridgehead atoms. The first-order valence-electron chi connectivity index (χ1n) is 6.27. The summed E-state index contributed by atoms with van der Waals surface area (Å²) >= 11 is 5.59. The lowest BCUT2D eigenvalue weighted by Gasteiger charge is -2.17. The number of amides is 1. The highest BCUT2D eigenvalue weighted by Gasteiger charge is 2.21. The van der Waals surface area contributed by atoms with Crippen LogP contribution < -0.4 is 5.32 Å². The number of aryl methyl sites for hydroxylation is 1. The summed E-state index contributed by atoms with van der Waals surface area (Å²) < 4.78 is 18.3. The highest BCUT2D eigenvalue weighted by Crippen LogP contribution is 2.23. The third-order valence-corrected chi connectivity index (χ3v) is 3.20. The summed E-state index contributed by atoms with van der Waals surface area (Å²) in [5, 5.41) is 14.9. The van der Waals surface area contributed by atoms with E-state index < -0.39 is 30.2 Å². The monoisotopic (exact) mass is 326 g/mol. The van der Waals surface area contributed by atoms with Gasteiger partial charge in [-0.05, 0) is 24.6 Å². The van der Waals surface area contributed by atoms with Crippen molar-refractivity contribution in [1.82, 2.24) is 10.5 Å². The number of aromatic nitrogens is 1. The third-order valence-electron chi connectivity index (χ3n) is 2.89. The highest BCUT2D eigenvalue weighted by atomic mass is 35.5. The number of aliphatic carboxylic acids is 1. The molecule has 1 aromatic carbocycles. The van der Waals surface area contributed by atoms with E-state index in [0.29, 0.717) is 5.76 Å². The van der Waals surface area contributed by atoms with Crippen molar-refractivity contribution in [1.29, 1.82) is 0 Å². The van der Waals surface area contributed by atoms with Gasteiger partial charge in [0.15, 0.2) is 5.69 Å². The molecule has 0 aliphatic rings. The average molecular weight is 327 g/mol. The predicted octanol–water partition coefficient (Wildman–Crippen LogP) is 2.72. The van der Waals surface area contributed by atoms with E-state index in [-0.39, 0.29) is 16.3 Å². The normalized spacial score (nSPS) is 12.0. The van der Waals surface area contributed by atoms with E-state index in [0.717, 1.165) is 6.07 Å². The molecule has 116 valence electrons. The second-order valence-corrected chi connectivity index (χ2v) is 5.03. The van der Waals surface area contributed by atoms with Gasteiger partial charge in [0.25, 0.3) is 5.91 Å². The van der Waals surface area contributed by atoms with E-state index >= 15 is 0 Å². The molecule has 0 aliphatic heterocycles. The van der Waals surface area contributed by atoms with Crippen LogP contribution in [-0.2, 0) is 4.79 Å². The molecule has 0 aliphatic carbocycles. The van der Waals surface area contributed by atoms with Gasteiger partial charge in [0.05, 0.1) is 17.5 Å². The first kappa shape index (κ1) is 16.0. The van der Waals surface area contributed by atoms with Crippen molar-refractivity contribution in [3.8, 4) is 0 Å². The van der Waals surface area contributed by atoms with E-state index in [2.05, 4.69) is 10.5 Å². The lowest BCUT2D eigenvalue weighted by atomic mass is 10.0. The summed E-state index contributed by atoms with van der Waals surface area (Å²) in [4.78, 5) is 23.0. The molecule has 8 heteroatoms. The summed E-state index contributed by atoms with van der Waals surface area (Å²) in [7, 11) is 0. The molecular formula is C14H12ClFN2O4. The summed E-state index contributed by atoms with van der Waals surface area (Å²) in [6.07, 6.45) is -0.413. The lowest BCUT2D eigenvalue weighted by molar-refractivity contribution is -0.137. The largest absolute Gasteiger partial charge is 0.481 e. The number of carbonyl (C=O) groups excluding carboxylic acids is 1. The zero-order chi connectivity index (χ0) is 16.3. The van der Waals surface area contributed by atoms with Crippen LogP contribution in [0.25, 0.3) is 0 Å². The van der Waals surface area contributed by atoms with Gasteiger partial charge in [-0.1, -0.05) is 22.8 Å². The zero-order valence-electron chi connectivity index (χ0n) is 11.5. The maximum Gasteiger partial charge on any atom is 0.305 e. The molecule has 0 unspecified atom stereocenters. The van der Waals surface area contributed by atoms with Crippen LogP contribution >= 0.6 is 11.6 Å². The Bertz CT molecular complexity index is 717. The van der Waals surface area contributed by atoms with Gasteiger partial charge < -0.3 is 14.9 Å². The van der Waals surface area contributed by atoms with E-state index in [4.69, 9.17) is 21.2 Å². The maximum atomic E-state index is 13.5. The number of carbonyl (C=O) groups is 2. The minimum Gasteiger partial charge on any atom is -0.481 e. The van der Waals surface area contributed by atoms with Gasteiger partial charge in [0.1, 0.15) is 11.6 Å². The first-order chi connectivity index (χ1) is 10.4. The number of nitrogens with one attached hydrogen (secondary N) is 1. The van der Waals surface area contributed by atoms with Gasteiger partial charge in [-0.3, -0.25) is 9.59 Å². The van der Waals surface area contributed by atoms with Gasteiger partial charge in [0, 0.05) is 6.07 Å². The second kappa shape index (κ2) is 6.57. The maximum absolute atomic E-state index is 13.5. The van der Waals surface area contributed by atoms with E-state index in [1.54, 1.807) is 6.92 Å². The van der Waals surface area contributed by atoms with Crippen LogP contribution in [0.4, 0.5) is 4.39 Å². The van der Waals surface area contributed by atoms with E-state index in [1.807, 2.05) is 0 Å². The highest BCUT2D eigenvalue weighted by molar-refractivity contribution is 6.30. The Morgan fingerprint density at radius 2 is 2.18 bits per heavy atom. The lowest BCUT2D eigenvalue weighted by Crippen LogP contribution is -2.30. The van der Waals surface area contributed by atoms with Crippen LogP contribution in [0.2, 0.25) is 5.02 Å². The van der Waals surface area contributed by atoms with Crippen LogP contribution in [-0.4, -0.2) is 22.1 Å². The Morgan fingerprint density at radius 3 is 2.73 bits per heavy atom. The Kier molecular flexibility index (Phi) is 4.77. The van der Waals surface area contributed by atoms with Crippen LogP contribution in [0.5, 0.6) is 0 Å². The topological polar surface area (TPSA) is 92.4 Å². The van der Waals surface area contributed by atoms with Crippen molar-refractivity contribution in [3.63, 3.8) is 0 Å². The van der Waals surface area contributed by atoms with Crippen molar-refractivity contribution in [2.45, 2.75) is 19.4 Å². The molecule has 0 fully saturated rings. The quantitative estimate of drug-likeness (QED) is 0.881. The fourth-order valence-corrected chi connectivity index (χ4v) is 1.98. The minimum absolute atomic E-state index is 0.0160. The Morgan fingerprint density at radius 1 is 1.45 bits per heavy atom. The van der Waals surface area contributed by atoms with Gasteiger partial charge >= 0.3 is 5.97 Å². The summed E-state index contributed by atoms with van der Waals surface area (Å²) in [6, 6.07) is 4.33. The Balaban J connectivity index is 2.24. The standard InChI is InChI=1S/C14H12ClFN2O4/c1-7-4-12(18-22-7)14(21)17-11(6-13(19)20)8-2-3-9(15)10(16)5-8/h2-5,11H,6H2,1H3,(H,17,21)(H,19,20)/t11-/m0/s1. The van der Waals surface area contributed by atoms with Gasteiger partial charge in [-0.15, -0.1) is 0 Å². The Hall–Kier alpha value is -2.41. The van der Waals surface area contributed by atoms with Gasteiger partial charge in [-0.2, -0.15) is 0 Å². The van der Waals surface area contributed by atoms with Crippen LogP contribution in [0.1, 0.15) is 34.3 Å². The molecule has 1 heterocycles. The van der Waals surface area contributed by atoms with Crippen molar-refractivity contribution in [3.05, 3.63) is 52.1 Å². The Labute approximate surface area is 129 Å². The summed E-state index contributed by atoms with van der Waals surface area (Å²) in [6.45, 7) is 1.62. The third kappa shape index (κ3) is 3.82. The van der Waals surface area contributed by atoms with Crippen LogP contribution in [0.3, 0.4) is 0 Å². The molecule has 22 heavy (non-hydrogen) atoms. The van der Waals surface area contributed by atoms with E-state index in [9.17, 15) is 14.0 Å². The SMILES string of the molecule is Cc1cc(C(=O)N[C@@H](CC(=O)O)c2ccc(Cl)c(F)c2)no1. The number of hydrogen-bond acceptors (Lipinski definition) is 4. The molecule has 1 amide bonds. The molecule has 0 saturated carbocycles. The number of halogens is 2. The van der Waals surface area contributed by atoms with Crippen LogP contribution in [0, 0.1) is 12.7 Å². The number of nitrogens with zero attached hydrogens (tertiary/aromatic N) is 1. The number of benzene rings is 1. The smallest absolute Gasteiger partial charge is 0.305 e. The molecule has 2 aromatic rings. The number of rotatable bonds is 5. The second-order valence-electron chi connectivity index (χ2n) is 4.62. The van der Waals surface area contributed by atoms with Crippen LogP contribution in [0.15, 0.2) is 28.8 Å². The predicted molar refractivity (Wildman–Crippen MR) is 75.1 cm³/mol. The number of carboxylic acid groups (broad SMARTS) is 1. The molecule has 1 atom stereocenters. The van der Waals surface area contributed by atoms with Crippen molar-refractivity contribution < 1.29 is 23.6 Å². The molecule has 0 radical (unpaired) electrons. The summed E-state index contributed by atoms with van der Waals surface area (Å²) in [5.74, 6) is -2.01. The minimum atomic E-state index is -1.14. The van der Waals surface area contributed by atoms with Crippen molar-refractivity contribution in [2.75, 3.05) is 0 Å². The van der Waals surface area contributed by atoms with Crippen molar-refractivity contribution >= 4 is 23.5 Å². The zero-order valence-corrected chi connectivity index (χ0v) is 12.2. The molecule has 2 N–H and O–H groups in total. The molecule has 2 rings (SSSR count). The van der Waals surface area contributed by atoms with Gasteiger partial charge in [0.2, 0.25) is 0 Å². The molecule has 1 aromatic heterocycles. The number of hydrogen-bond donors (Lipinski definition) is 2.